The molecule has 4 aromatic carbocycles. The van der Waals surface area contributed by atoms with Crippen LogP contribution in [0, 0.1) is 23.3 Å². The SMILES string of the molecule is CC(Cc1ccc(-c2cc(F)c(C(=O)Oc3ccc(F)c(F)c3)c(F)c2)cc1)c1ccccc1. The van der Waals surface area contributed by atoms with Crippen molar-refractivity contribution in [3.63, 3.8) is 0 Å². The highest BCUT2D eigenvalue weighted by Crippen LogP contribution is 2.27. The molecule has 2 nitrogen and oxygen atoms in total. The smallest absolute Gasteiger partial charge is 0.349 e. The average molecular weight is 464 g/mol. The lowest BCUT2D eigenvalue weighted by atomic mass is 9.93. The zero-order valence-electron chi connectivity index (χ0n) is 18.2. The third kappa shape index (κ3) is 5.17. The number of rotatable bonds is 6. The standard InChI is InChI=1S/C28H20F4O2/c1-17(19-5-3-2-4-6-19)13-18-7-9-20(10-8-18)21-14-25(31)27(26(32)15-21)28(33)34-22-11-12-23(29)24(30)16-22/h2-12,14-17H,13H2,1H3. The van der Waals surface area contributed by atoms with Crippen LogP contribution in [-0.2, 0) is 6.42 Å². The second kappa shape index (κ2) is 9.91. The van der Waals surface area contributed by atoms with Gasteiger partial charge in [-0.25, -0.2) is 22.4 Å². The average Bonchev–Trinajstić information content (AvgIpc) is 2.82. The molecule has 0 aliphatic rings. The molecular formula is C28H20F4O2. The maximum atomic E-state index is 14.7. The van der Waals surface area contributed by atoms with E-state index in [0.29, 0.717) is 17.5 Å². The first kappa shape index (κ1) is 23.2. The number of hydrogen-bond donors (Lipinski definition) is 0. The Morgan fingerprint density at radius 1 is 0.735 bits per heavy atom. The van der Waals surface area contributed by atoms with E-state index in [0.717, 1.165) is 36.2 Å². The van der Waals surface area contributed by atoms with E-state index in [1.54, 1.807) is 12.1 Å². The summed E-state index contributed by atoms with van der Waals surface area (Å²) in [6.45, 7) is 2.13. The number of hydrogen-bond acceptors (Lipinski definition) is 2. The molecule has 172 valence electrons. The number of benzene rings is 4. The summed E-state index contributed by atoms with van der Waals surface area (Å²) in [6.07, 6.45) is 0.807. The molecule has 0 saturated heterocycles. The molecule has 0 saturated carbocycles. The van der Waals surface area contributed by atoms with Crippen LogP contribution in [0.15, 0.2) is 84.9 Å². The third-order valence-corrected chi connectivity index (χ3v) is 5.55. The summed E-state index contributed by atoms with van der Waals surface area (Å²) in [4.78, 5) is 12.2. The fraction of sp³-hybridized carbons (Fsp3) is 0.107. The Balaban J connectivity index is 1.51. The summed E-state index contributed by atoms with van der Waals surface area (Å²) < 4.78 is 60.4. The van der Waals surface area contributed by atoms with E-state index >= 15 is 0 Å². The minimum absolute atomic E-state index is 0.252. The maximum absolute atomic E-state index is 14.7. The van der Waals surface area contributed by atoms with E-state index < -0.39 is 34.8 Å². The highest BCUT2D eigenvalue weighted by atomic mass is 19.2. The van der Waals surface area contributed by atoms with Gasteiger partial charge in [-0.2, -0.15) is 0 Å². The molecule has 0 radical (unpaired) electrons. The molecular weight excluding hydrogens is 444 g/mol. The van der Waals surface area contributed by atoms with Crippen LogP contribution in [0.4, 0.5) is 17.6 Å². The van der Waals surface area contributed by atoms with Gasteiger partial charge < -0.3 is 4.74 Å². The summed E-state index contributed by atoms with van der Waals surface area (Å²) in [5, 5.41) is 0. The van der Waals surface area contributed by atoms with Gasteiger partial charge in [-0.3, -0.25) is 0 Å². The van der Waals surface area contributed by atoms with Crippen LogP contribution in [0.25, 0.3) is 11.1 Å². The summed E-state index contributed by atoms with van der Waals surface area (Å²) in [5.74, 6) is -6.04. The van der Waals surface area contributed by atoms with Crippen molar-refractivity contribution in [2.45, 2.75) is 19.3 Å². The topological polar surface area (TPSA) is 26.3 Å². The van der Waals surface area contributed by atoms with Gasteiger partial charge in [0.2, 0.25) is 0 Å². The highest BCUT2D eigenvalue weighted by Gasteiger charge is 2.22. The molecule has 0 heterocycles. The molecule has 0 aromatic heterocycles. The van der Waals surface area contributed by atoms with E-state index in [1.807, 2.05) is 30.3 Å². The molecule has 0 fully saturated rings. The first-order valence-corrected chi connectivity index (χ1v) is 10.6. The Labute approximate surface area is 194 Å². The molecule has 6 heteroatoms. The highest BCUT2D eigenvalue weighted by molar-refractivity contribution is 5.92. The molecule has 0 amide bonds. The van der Waals surface area contributed by atoms with Gasteiger partial charge in [0.25, 0.3) is 0 Å². The molecule has 34 heavy (non-hydrogen) atoms. The van der Waals surface area contributed by atoms with Gasteiger partial charge in [0.15, 0.2) is 11.6 Å². The minimum Gasteiger partial charge on any atom is -0.423 e. The third-order valence-electron chi connectivity index (χ3n) is 5.55. The Hall–Kier alpha value is -3.93. The van der Waals surface area contributed by atoms with E-state index in [-0.39, 0.29) is 11.3 Å². The van der Waals surface area contributed by atoms with Gasteiger partial charge in [0.05, 0.1) is 0 Å². The van der Waals surface area contributed by atoms with Gasteiger partial charge >= 0.3 is 5.97 Å². The number of ether oxygens (including phenoxy) is 1. The molecule has 0 aliphatic heterocycles. The number of halogens is 4. The Kier molecular flexibility index (Phi) is 6.77. The number of esters is 1. The van der Waals surface area contributed by atoms with Crippen molar-refractivity contribution in [3.8, 4) is 16.9 Å². The van der Waals surface area contributed by atoms with Gasteiger partial charge in [0, 0.05) is 6.07 Å². The molecule has 0 aliphatic carbocycles. The monoisotopic (exact) mass is 464 g/mol. The van der Waals surface area contributed by atoms with Crippen molar-refractivity contribution in [1.29, 1.82) is 0 Å². The predicted octanol–water partition coefficient (Wildman–Crippen LogP) is 7.48. The van der Waals surface area contributed by atoms with Crippen molar-refractivity contribution < 1.29 is 27.1 Å². The first-order chi connectivity index (χ1) is 16.3. The largest absolute Gasteiger partial charge is 0.423 e. The summed E-state index contributed by atoms with van der Waals surface area (Å²) >= 11 is 0. The van der Waals surface area contributed by atoms with Crippen LogP contribution >= 0.6 is 0 Å². The molecule has 0 bridgehead atoms. The van der Waals surface area contributed by atoms with Crippen LogP contribution in [0.5, 0.6) is 5.75 Å². The van der Waals surface area contributed by atoms with Crippen LogP contribution in [-0.4, -0.2) is 5.97 Å². The maximum Gasteiger partial charge on any atom is 0.349 e. The Morgan fingerprint density at radius 2 is 1.38 bits per heavy atom. The van der Waals surface area contributed by atoms with Gasteiger partial charge in [-0.1, -0.05) is 61.5 Å². The van der Waals surface area contributed by atoms with Gasteiger partial charge in [-0.15, -0.1) is 0 Å². The zero-order chi connectivity index (χ0) is 24.2. The van der Waals surface area contributed by atoms with Crippen LogP contribution < -0.4 is 4.74 Å². The van der Waals surface area contributed by atoms with Crippen LogP contribution in [0.1, 0.15) is 34.3 Å². The zero-order valence-corrected chi connectivity index (χ0v) is 18.2. The van der Waals surface area contributed by atoms with E-state index in [9.17, 15) is 22.4 Å². The lowest BCUT2D eigenvalue weighted by Crippen LogP contribution is -2.13. The Morgan fingerprint density at radius 3 is 2.00 bits per heavy atom. The van der Waals surface area contributed by atoms with E-state index in [4.69, 9.17) is 4.74 Å². The second-order valence-corrected chi connectivity index (χ2v) is 7.99. The summed E-state index contributed by atoms with van der Waals surface area (Å²) in [7, 11) is 0. The van der Waals surface area contributed by atoms with Crippen molar-refractivity contribution in [2.75, 3.05) is 0 Å². The predicted molar refractivity (Wildman–Crippen MR) is 122 cm³/mol. The van der Waals surface area contributed by atoms with Crippen molar-refractivity contribution in [2.24, 2.45) is 0 Å². The van der Waals surface area contributed by atoms with Gasteiger partial charge in [0.1, 0.15) is 22.9 Å². The lowest BCUT2D eigenvalue weighted by molar-refractivity contribution is 0.0724. The lowest BCUT2D eigenvalue weighted by Gasteiger charge is -2.13. The normalized spacial score (nSPS) is 11.8. The van der Waals surface area contributed by atoms with Crippen LogP contribution in [0.2, 0.25) is 0 Å². The number of carbonyl (C=O) groups excluding carboxylic acids is 1. The van der Waals surface area contributed by atoms with Crippen molar-refractivity contribution >= 4 is 5.97 Å². The molecule has 1 atom stereocenters. The van der Waals surface area contributed by atoms with Crippen molar-refractivity contribution in [1.82, 2.24) is 0 Å². The number of carbonyl (C=O) groups is 1. The molecule has 4 aromatic rings. The first-order valence-electron chi connectivity index (χ1n) is 10.6. The summed E-state index contributed by atoms with van der Waals surface area (Å²) in [6, 6.07) is 21.9. The Bertz CT molecular complexity index is 1300. The molecule has 4 rings (SSSR count). The molecule has 0 spiro atoms. The van der Waals surface area contributed by atoms with Crippen LogP contribution in [0.3, 0.4) is 0 Å². The van der Waals surface area contributed by atoms with E-state index in [2.05, 4.69) is 19.1 Å². The molecule has 1 unspecified atom stereocenters. The second-order valence-electron chi connectivity index (χ2n) is 7.99. The van der Waals surface area contributed by atoms with E-state index in [1.165, 1.54) is 5.56 Å². The molecule has 0 N–H and O–H groups in total. The summed E-state index contributed by atoms with van der Waals surface area (Å²) in [5.41, 5.74) is 2.22. The fourth-order valence-electron chi connectivity index (χ4n) is 3.72. The van der Waals surface area contributed by atoms with Gasteiger partial charge in [-0.05, 0) is 58.9 Å². The fourth-order valence-corrected chi connectivity index (χ4v) is 3.72. The quantitative estimate of drug-likeness (QED) is 0.168. The van der Waals surface area contributed by atoms with Crippen molar-refractivity contribution in [3.05, 3.63) is 125 Å². The minimum atomic E-state index is -1.35.